The normalized spacial score (nSPS) is 15.2. The molecule has 0 unspecified atom stereocenters. The smallest absolute Gasteiger partial charge is 0.317 e. The fourth-order valence-electron chi connectivity index (χ4n) is 2.89. The molecule has 0 bridgehead atoms. The van der Waals surface area contributed by atoms with Crippen molar-refractivity contribution in [1.82, 2.24) is 15.2 Å². The fourth-order valence-corrected chi connectivity index (χ4v) is 2.89. The molecule has 0 saturated carbocycles. The van der Waals surface area contributed by atoms with Crippen LogP contribution >= 0.6 is 0 Å². The maximum absolute atomic E-state index is 12.2. The van der Waals surface area contributed by atoms with Gasteiger partial charge < -0.3 is 15.5 Å². The van der Waals surface area contributed by atoms with Crippen molar-refractivity contribution in [2.24, 2.45) is 5.41 Å². The lowest BCUT2D eigenvalue weighted by atomic mass is 9.85. The zero-order chi connectivity index (χ0) is 17.9. The third-order valence-corrected chi connectivity index (χ3v) is 4.10. The van der Waals surface area contributed by atoms with Gasteiger partial charge in [-0.05, 0) is 29.8 Å². The summed E-state index contributed by atoms with van der Waals surface area (Å²) >= 11 is 0. The first kappa shape index (κ1) is 17.0. The first-order valence-corrected chi connectivity index (χ1v) is 8.26. The van der Waals surface area contributed by atoms with Crippen molar-refractivity contribution in [1.29, 1.82) is 0 Å². The summed E-state index contributed by atoms with van der Waals surface area (Å²) in [6.45, 7) is 6.27. The summed E-state index contributed by atoms with van der Waals surface area (Å²) in [5.41, 5.74) is 2.39. The number of rotatable bonds is 4. The van der Waals surface area contributed by atoms with E-state index < -0.39 is 0 Å². The van der Waals surface area contributed by atoms with E-state index in [0.29, 0.717) is 17.8 Å². The highest BCUT2D eigenvalue weighted by molar-refractivity contribution is 6.04. The third-order valence-electron chi connectivity index (χ3n) is 4.10. The summed E-state index contributed by atoms with van der Waals surface area (Å²) in [6.07, 6.45) is 3.16. The summed E-state index contributed by atoms with van der Waals surface area (Å²) in [4.78, 5) is 29.9. The molecule has 1 fully saturated rings. The van der Waals surface area contributed by atoms with Gasteiger partial charge >= 0.3 is 6.03 Å². The molecule has 3 amide bonds. The number of pyridine rings is 1. The number of aromatic nitrogens is 1. The van der Waals surface area contributed by atoms with E-state index in [1.807, 2.05) is 24.3 Å². The molecule has 3 rings (SSSR count). The van der Waals surface area contributed by atoms with Crippen molar-refractivity contribution >= 4 is 17.6 Å². The molecule has 25 heavy (non-hydrogen) atoms. The van der Waals surface area contributed by atoms with E-state index in [0.717, 1.165) is 18.7 Å². The topological polar surface area (TPSA) is 74.3 Å². The van der Waals surface area contributed by atoms with E-state index in [1.54, 1.807) is 29.4 Å². The third kappa shape index (κ3) is 4.35. The molecular formula is C19H22N4O2. The van der Waals surface area contributed by atoms with Gasteiger partial charge in [-0.3, -0.25) is 9.78 Å². The molecule has 1 aromatic heterocycles. The second-order valence-electron chi connectivity index (χ2n) is 7.07. The molecule has 6 nitrogen and oxygen atoms in total. The van der Waals surface area contributed by atoms with Crippen LogP contribution in [-0.4, -0.2) is 34.9 Å². The Balaban J connectivity index is 1.55. The molecule has 0 aliphatic carbocycles. The quantitative estimate of drug-likeness (QED) is 0.900. The number of nitrogens with one attached hydrogen (secondary N) is 2. The molecule has 0 atom stereocenters. The molecule has 2 heterocycles. The minimum absolute atomic E-state index is 0.0504. The summed E-state index contributed by atoms with van der Waals surface area (Å²) < 4.78 is 0. The van der Waals surface area contributed by atoms with Crippen LogP contribution in [-0.2, 0) is 6.54 Å². The minimum Gasteiger partial charge on any atom is -0.334 e. The van der Waals surface area contributed by atoms with Crippen molar-refractivity contribution in [3.63, 3.8) is 0 Å². The Labute approximate surface area is 147 Å². The summed E-state index contributed by atoms with van der Waals surface area (Å²) in [5.74, 6) is -0.189. The fraction of sp³-hybridized carbons (Fsp3) is 0.316. The van der Waals surface area contributed by atoms with E-state index in [1.165, 1.54) is 0 Å². The zero-order valence-electron chi connectivity index (χ0n) is 14.5. The average molecular weight is 338 g/mol. The monoisotopic (exact) mass is 338 g/mol. The van der Waals surface area contributed by atoms with Gasteiger partial charge in [-0.2, -0.15) is 0 Å². The van der Waals surface area contributed by atoms with E-state index in [-0.39, 0.29) is 17.4 Å². The molecule has 2 aromatic rings. The maximum Gasteiger partial charge on any atom is 0.317 e. The number of hydrogen-bond acceptors (Lipinski definition) is 3. The number of hydrogen-bond donors (Lipinski definition) is 2. The average Bonchev–Trinajstić information content (AvgIpc) is 2.58. The second-order valence-corrected chi connectivity index (χ2v) is 7.07. The first-order chi connectivity index (χ1) is 11.9. The number of anilines is 1. The van der Waals surface area contributed by atoms with Crippen LogP contribution in [0.3, 0.4) is 0 Å². The highest BCUT2D eigenvalue weighted by Crippen LogP contribution is 2.28. The Hall–Kier alpha value is -2.89. The molecule has 0 radical (unpaired) electrons. The van der Waals surface area contributed by atoms with E-state index in [4.69, 9.17) is 0 Å². The largest absolute Gasteiger partial charge is 0.334 e. The SMILES string of the molecule is CC1(C)CN(C(=O)NCc2cccc(NC(=O)c3ccncc3)c2)C1. The number of carbonyl (C=O) groups excluding carboxylic acids is 2. The number of urea groups is 1. The van der Waals surface area contributed by atoms with Gasteiger partial charge in [-0.25, -0.2) is 4.79 Å². The number of benzene rings is 1. The molecule has 1 aromatic carbocycles. The Morgan fingerprint density at radius 3 is 2.56 bits per heavy atom. The van der Waals surface area contributed by atoms with Gasteiger partial charge in [0, 0.05) is 48.7 Å². The van der Waals surface area contributed by atoms with E-state index in [2.05, 4.69) is 29.5 Å². The summed E-state index contributed by atoms with van der Waals surface area (Å²) in [7, 11) is 0. The Bertz CT molecular complexity index is 766. The van der Waals surface area contributed by atoms with Gasteiger partial charge in [0.15, 0.2) is 0 Å². The Morgan fingerprint density at radius 2 is 1.88 bits per heavy atom. The predicted molar refractivity (Wildman–Crippen MR) is 96.2 cm³/mol. The lowest BCUT2D eigenvalue weighted by Gasteiger charge is -2.45. The molecule has 1 aliphatic heterocycles. The number of nitrogens with zero attached hydrogens (tertiary/aromatic N) is 2. The number of likely N-dealkylation sites (tertiary alicyclic amines) is 1. The molecule has 1 aliphatic rings. The van der Waals surface area contributed by atoms with Gasteiger partial charge in [-0.15, -0.1) is 0 Å². The van der Waals surface area contributed by atoms with Crippen LogP contribution < -0.4 is 10.6 Å². The van der Waals surface area contributed by atoms with Crippen LogP contribution in [0.25, 0.3) is 0 Å². The van der Waals surface area contributed by atoms with Crippen LogP contribution in [0.15, 0.2) is 48.8 Å². The minimum atomic E-state index is -0.189. The van der Waals surface area contributed by atoms with Crippen LogP contribution in [0.5, 0.6) is 0 Å². The van der Waals surface area contributed by atoms with Gasteiger partial charge in [0.1, 0.15) is 0 Å². The van der Waals surface area contributed by atoms with Gasteiger partial charge in [0.2, 0.25) is 0 Å². The van der Waals surface area contributed by atoms with Crippen molar-refractivity contribution in [2.75, 3.05) is 18.4 Å². The van der Waals surface area contributed by atoms with Crippen LogP contribution in [0, 0.1) is 5.41 Å². The van der Waals surface area contributed by atoms with Crippen LogP contribution in [0.4, 0.5) is 10.5 Å². The van der Waals surface area contributed by atoms with Gasteiger partial charge in [0.05, 0.1) is 0 Å². The highest BCUT2D eigenvalue weighted by Gasteiger charge is 2.36. The van der Waals surface area contributed by atoms with E-state index in [9.17, 15) is 9.59 Å². The second kappa shape index (κ2) is 6.93. The predicted octanol–water partition coefficient (Wildman–Crippen LogP) is 2.89. The van der Waals surface area contributed by atoms with Crippen molar-refractivity contribution < 1.29 is 9.59 Å². The van der Waals surface area contributed by atoms with Crippen molar-refractivity contribution in [3.8, 4) is 0 Å². The van der Waals surface area contributed by atoms with Crippen LogP contribution in [0.2, 0.25) is 0 Å². The molecule has 6 heteroatoms. The zero-order valence-corrected chi connectivity index (χ0v) is 14.5. The van der Waals surface area contributed by atoms with Crippen LogP contribution in [0.1, 0.15) is 29.8 Å². The summed E-state index contributed by atoms with van der Waals surface area (Å²) in [5, 5.41) is 5.77. The molecule has 130 valence electrons. The van der Waals surface area contributed by atoms with Gasteiger partial charge in [0.25, 0.3) is 5.91 Å². The lowest BCUT2D eigenvalue weighted by molar-refractivity contribution is 0.0616. The Morgan fingerprint density at radius 1 is 1.16 bits per heavy atom. The molecule has 0 spiro atoms. The lowest BCUT2D eigenvalue weighted by Crippen LogP contribution is -2.58. The molecule has 2 N–H and O–H groups in total. The highest BCUT2D eigenvalue weighted by atomic mass is 16.2. The van der Waals surface area contributed by atoms with Crippen molar-refractivity contribution in [2.45, 2.75) is 20.4 Å². The first-order valence-electron chi connectivity index (χ1n) is 8.26. The number of carbonyl (C=O) groups is 2. The number of amides is 3. The summed E-state index contributed by atoms with van der Waals surface area (Å²) in [6, 6.07) is 10.7. The van der Waals surface area contributed by atoms with Crippen molar-refractivity contribution in [3.05, 3.63) is 59.9 Å². The Kier molecular flexibility index (Phi) is 4.70. The standard InChI is InChI=1S/C19H22N4O2/c1-19(2)12-23(13-19)18(25)21-11-14-4-3-5-16(10-14)22-17(24)15-6-8-20-9-7-15/h3-10H,11-13H2,1-2H3,(H,21,25)(H,22,24). The molecule has 1 saturated heterocycles. The van der Waals surface area contributed by atoms with E-state index >= 15 is 0 Å². The molecular weight excluding hydrogens is 316 g/mol. The van der Waals surface area contributed by atoms with Gasteiger partial charge in [-0.1, -0.05) is 26.0 Å². The maximum atomic E-state index is 12.2.